The van der Waals surface area contributed by atoms with Gasteiger partial charge in [-0.15, -0.1) is 0 Å². The van der Waals surface area contributed by atoms with Crippen LogP contribution in [0.15, 0.2) is 57.8 Å². The Balaban J connectivity index is 1.87. The number of esters is 1. The summed E-state index contributed by atoms with van der Waals surface area (Å²) in [5.74, 6) is -0.361. The third-order valence-corrected chi connectivity index (χ3v) is 4.03. The van der Waals surface area contributed by atoms with Crippen molar-refractivity contribution in [2.45, 2.75) is 6.92 Å². The topological polar surface area (TPSA) is 96.7 Å². The number of rotatable bonds is 4. The van der Waals surface area contributed by atoms with Crippen LogP contribution in [0.1, 0.15) is 28.7 Å². The predicted molar refractivity (Wildman–Crippen MR) is 95.6 cm³/mol. The van der Waals surface area contributed by atoms with E-state index in [1.54, 1.807) is 25.1 Å². The van der Waals surface area contributed by atoms with Gasteiger partial charge in [-0.05, 0) is 31.2 Å². The maximum Gasteiger partial charge on any atom is 0.340 e. The average Bonchev–Trinajstić information content (AvgIpc) is 3.35. The molecule has 1 amide bonds. The highest BCUT2D eigenvalue weighted by Crippen LogP contribution is 2.27. The summed E-state index contributed by atoms with van der Waals surface area (Å²) in [7, 11) is 0. The first kappa shape index (κ1) is 15.9. The van der Waals surface area contributed by atoms with E-state index in [-0.39, 0.29) is 12.5 Å². The van der Waals surface area contributed by atoms with Crippen LogP contribution < -0.4 is 5.43 Å². The van der Waals surface area contributed by atoms with Crippen LogP contribution in [0.25, 0.3) is 17.0 Å². The first-order valence-electron chi connectivity index (χ1n) is 8.11. The summed E-state index contributed by atoms with van der Waals surface area (Å²) in [6.45, 7) is 2.00. The normalized spacial score (nSPS) is 15.3. The summed E-state index contributed by atoms with van der Waals surface area (Å²) in [6.07, 6.45) is 3.10. The van der Waals surface area contributed by atoms with Gasteiger partial charge >= 0.3 is 5.97 Å². The number of nitrogens with zero attached hydrogens (tertiary/aromatic N) is 1. The van der Waals surface area contributed by atoms with Gasteiger partial charge in [-0.1, -0.05) is 18.2 Å². The molecule has 3 aromatic rings. The summed E-state index contributed by atoms with van der Waals surface area (Å²) in [4.78, 5) is 27.9. The Morgan fingerprint density at radius 1 is 1.27 bits per heavy atom. The largest absolute Gasteiger partial charge is 0.463 e. The van der Waals surface area contributed by atoms with Crippen LogP contribution in [0.3, 0.4) is 0 Å². The summed E-state index contributed by atoms with van der Waals surface area (Å²) in [5.41, 5.74) is 4.75. The van der Waals surface area contributed by atoms with Crippen molar-refractivity contribution in [2.75, 3.05) is 6.61 Å². The molecule has 130 valence electrons. The van der Waals surface area contributed by atoms with E-state index in [1.165, 1.54) is 6.26 Å². The predicted octanol–water partition coefficient (Wildman–Crippen LogP) is 2.86. The van der Waals surface area contributed by atoms with Crippen molar-refractivity contribution in [3.8, 4) is 0 Å². The molecule has 0 radical (unpaired) electrons. The molecule has 0 saturated carbocycles. The number of H-pyrrole nitrogens is 1. The van der Waals surface area contributed by atoms with E-state index in [2.05, 4.69) is 15.5 Å². The number of ether oxygens (including phenoxy) is 1. The molecule has 7 nitrogen and oxygen atoms in total. The Labute approximate surface area is 148 Å². The van der Waals surface area contributed by atoms with Gasteiger partial charge in [0.15, 0.2) is 5.76 Å². The Hall–Kier alpha value is -3.61. The number of amides is 1. The monoisotopic (exact) mass is 349 g/mol. The summed E-state index contributed by atoms with van der Waals surface area (Å²) in [6, 6.07) is 10.8. The molecule has 4 rings (SSSR count). The zero-order valence-electron chi connectivity index (χ0n) is 13.9. The molecule has 0 spiro atoms. The molecule has 0 fully saturated rings. The number of carbonyl (C=O) groups excluding carboxylic acids is 2. The van der Waals surface area contributed by atoms with Crippen LogP contribution in [-0.4, -0.2) is 29.2 Å². The zero-order valence-corrected chi connectivity index (χ0v) is 13.9. The highest BCUT2D eigenvalue weighted by molar-refractivity contribution is 6.32. The van der Waals surface area contributed by atoms with E-state index in [0.29, 0.717) is 28.3 Å². The number of fused-ring (bicyclic) bond motifs is 1. The minimum absolute atomic E-state index is 0.258. The van der Waals surface area contributed by atoms with Crippen LogP contribution in [0.2, 0.25) is 0 Å². The molecule has 1 aromatic carbocycles. The van der Waals surface area contributed by atoms with E-state index in [4.69, 9.17) is 9.15 Å². The van der Waals surface area contributed by atoms with Crippen molar-refractivity contribution in [1.82, 2.24) is 10.4 Å². The molecule has 0 saturated heterocycles. The number of hydrogen-bond donors (Lipinski definition) is 2. The van der Waals surface area contributed by atoms with Gasteiger partial charge in [0.1, 0.15) is 5.71 Å². The van der Waals surface area contributed by atoms with E-state index in [1.807, 2.05) is 24.3 Å². The third-order valence-electron chi connectivity index (χ3n) is 4.03. The van der Waals surface area contributed by atoms with Crippen molar-refractivity contribution >= 4 is 34.6 Å². The second kappa shape index (κ2) is 6.36. The molecule has 7 heteroatoms. The highest BCUT2D eigenvalue weighted by atomic mass is 16.5. The number of furan rings is 1. The third kappa shape index (κ3) is 2.59. The molecule has 1 aliphatic rings. The molecule has 0 unspecified atom stereocenters. The Kier molecular flexibility index (Phi) is 3.89. The lowest BCUT2D eigenvalue weighted by molar-refractivity contribution is -0.116. The molecule has 0 bridgehead atoms. The van der Waals surface area contributed by atoms with Crippen molar-refractivity contribution in [3.63, 3.8) is 0 Å². The lowest BCUT2D eigenvalue weighted by Crippen LogP contribution is -2.14. The van der Waals surface area contributed by atoms with E-state index >= 15 is 0 Å². The molecular weight excluding hydrogens is 334 g/mol. The van der Waals surface area contributed by atoms with Gasteiger partial charge in [-0.25, -0.2) is 10.2 Å². The Morgan fingerprint density at radius 2 is 2.12 bits per heavy atom. The fourth-order valence-electron chi connectivity index (χ4n) is 2.91. The van der Waals surface area contributed by atoms with Gasteiger partial charge in [-0.3, -0.25) is 4.79 Å². The van der Waals surface area contributed by atoms with Gasteiger partial charge in [0, 0.05) is 10.9 Å². The lowest BCUT2D eigenvalue weighted by Gasteiger charge is -2.03. The van der Waals surface area contributed by atoms with Crippen molar-refractivity contribution in [3.05, 3.63) is 65.3 Å². The summed E-state index contributed by atoms with van der Waals surface area (Å²) in [5, 5.41) is 4.76. The Morgan fingerprint density at radius 3 is 2.88 bits per heavy atom. The first-order chi connectivity index (χ1) is 12.7. The number of aromatic amines is 1. The summed E-state index contributed by atoms with van der Waals surface area (Å²) >= 11 is 0. The van der Waals surface area contributed by atoms with E-state index < -0.39 is 5.97 Å². The van der Waals surface area contributed by atoms with Crippen LogP contribution in [0.4, 0.5) is 0 Å². The number of aromatic nitrogens is 1. The van der Waals surface area contributed by atoms with Gasteiger partial charge < -0.3 is 14.1 Å². The van der Waals surface area contributed by atoms with Crippen LogP contribution >= 0.6 is 0 Å². The van der Waals surface area contributed by atoms with Crippen LogP contribution in [0.5, 0.6) is 0 Å². The second-order valence-corrected chi connectivity index (χ2v) is 5.62. The first-order valence-corrected chi connectivity index (χ1v) is 8.11. The van der Waals surface area contributed by atoms with Crippen molar-refractivity contribution in [1.29, 1.82) is 0 Å². The average molecular weight is 349 g/mol. The van der Waals surface area contributed by atoms with Gasteiger partial charge in [0.05, 0.1) is 29.7 Å². The Bertz CT molecular complexity index is 1060. The highest BCUT2D eigenvalue weighted by Gasteiger charge is 2.27. The number of hydrazone groups is 1. The van der Waals surface area contributed by atoms with Crippen LogP contribution in [0, 0.1) is 0 Å². The molecule has 0 aliphatic carbocycles. The lowest BCUT2D eigenvalue weighted by atomic mass is 10.0. The van der Waals surface area contributed by atoms with Crippen molar-refractivity contribution < 1.29 is 18.7 Å². The molecule has 2 N–H and O–H groups in total. The number of hydrogen-bond acceptors (Lipinski definition) is 5. The number of carbonyl (C=O) groups is 2. The van der Waals surface area contributed by atoms with Crippen LogP contribution in [-0.2, 0) is 9.53 Å². The number of benzene rings is 1. The maximum atomic E-state index is 12.5. The van der Waals surface area contributed by atoms with Gasteiger partial charge in [0.25, 0.3) is 5.91 Å². The smallest absolute Gasteiger partial charge is 0.340 e. The van der Waals surface area contributed by atoms with Crippen molar-refractivity contribution in [2.24, 2.45) is 5.10 Å². The maximum absolute atomic E-state index is 12.5. The minimum Gasteiger partial charge on any atom is -0.463 e. The fraction of sp³-hybridized carbons (Fsp3) is 0.105. The van der Waals surface area contributed by atoms with Gasteiger partial charge in [-0.2, -0.15) is 5.10 Å². The molecule has 3 heterocycles. The summed E-state index contributed by atoms with van der Waals surface area (Å²) < 4.78 is 10.5. The van der Waals surface area contributed by atoms with Gasteiger partial charge in [0.2, 0.25) is 0 Å². The second-order valence-electron chi connectivity index (χ2n) is 5.62. The molecular formula is C19H15N3O4. The molecule has 26 heavy (non-hydrogen) atoms. The van der Waals surface area contributed by atoms with E-state index in [0.717, 1.165) is 10.9 Å². The van der Waals surface area contributed by atoms with E-state index in [9.17, 15) is 9.59 Å². The molecule has 2 aromatic heterocycles. The SMILES string of the molecule is CCOC(=O)c1c(C=C2C(=O)NN=C2c2ccco2)[nH]c2ccccc12. The number of para-hydroxylation sites is 1. The molecule has 1 aliphatic heterocycles. The zero-order chi connectivity index (χ0) is 18.1. The minimum atomic E-state index is -0.452. The quantitative estimate of drug-likeness (QED) is 0.559. The fourth-order valence-corrected chi connectivity index (χ4v) is 2.91. The number of nitrogens with one attached hydrogen (secondary N) is 2. The molecule has 0 atom stereocenters. The standard InChI is InChI=1S/C19H15N3O4/c1-2-25-19(24)16-11-6-3-4-7-13(11)20-14(16)10-12-17(21-22-18(12)23)15-8-5-9-26-15/h3-10,20H,2H2,1H3,(H,22,23).